The molecule has 1 aliphatic carbocycles. The minimum atomic E-state index is -1.000. The van der Waals surface area contributed by atoms with E-state index in [0.29, 0.717) is 12.8 Å². The number of nitrogens with one attached hydrogen (secondary N) is 2. The summed E-state index contributed by atoms with van der Waals surface area (Å²) in [5, 5.41) is 9.13. The standard InChI is InChI=1S/C16H18N2O4/c19-14(10-11-6-2-1-3-7-11)17-18-15(20)12-8-4-5-9-13(12)16(21)22/h1-7,12-13H,8-10H2,(H,17,19)(H,18,20)(H,21,22)/t12-,13+/m0/s1. The summed E-state index contributed by atoms with van der Waals surface area (Å²) in [6.45, 7) is 0. The summed E-state index contributed by atoms with van der Waals surface area (Å²) in [5.74, 6) is -3.24. The van der Waals surface area contributed by atoms with Gasteiger partial charge in [0.05, 0.1) is 18.3 Å². The minimum Gasteiger partial charge on any atom is -0.481 e. The second kappa shape index (κ2) is 7.40. The SMILES string of the molecule is O=C(Cc1ccccc1)NNC(=O)[C@H]1CC=CC[C@H]1C(=O)O. The van der Waals surface area contributed by atoms with E-state index in [9.17, 15) is 14.4 Å². The van der Waals surface area contributed by atoms with E-state index >= 15 is 0 Å². The number of hydrazine groups is 1. The monoisotopic (exact) mass is 302 g/mol. The minimum absolute atomic E-state index is 0.147. The molecule has 6 heteroatoms. The molecule has 2 amide bonds. The van der Waals surface area contributed by atoms with Gasteiger partial charge in [0.25, 0.3) is 0 Å². The average molecular weight is 302 g/mol. The van der Waals surface area contributed by atoms with Crippen LogP contribution in [0.4, 0.5) is 0 Å². The Labute approximate surface area is 128 Å². The predicted octanol–water partition coefficient (Wildman–Crippen LogP) is 1.04. The third kappa shape index (κ3) is 4.18. The van der Waals surface area contributed by atoms with Crippen LogP contribution >= 0.6 is 0 Å². The van der Waals surface area contributed by atoms with E-state index in [1.54, 1.807) is 12.2 Å². The van der Waals surface area contributed by atoms with Gasteiger partial charge in [0.1, 0.15) is 0 Å². The predicted molar refractivity (Wildman–Crippen MR) is 79.4 cm³/mol. The number of carboxylic acids is 1. The van der Waals surface area contributed by atoms with Gasteiger partial charge in [-0.25, -0.2) is 0 Å². The molecule has 3 N–H and O–H groups in total. The summed E-state index contributed by atoms with van der Waals surface area (Å²) in [4.78, 5) is 35.0. The summed E-state index contributed by atoms with van der Waals surface area (Å²) in [5.41, 5.74) is 5.49. The molecular formula is C16H18N2O4. The molecule has 2 atom stereocenters. The number of carboxylic acid groups (broad SMARTS) is 1. The van der Waals surface area contributed by atoms with Gasteiger partial charge >= 0.3 is 5.97 Å². The molecule has 6 nitrogen and oxygen atoms in total. The molecular weight excluding hydrogens is 284 g/mol. The van der Waals surface area contributed by atoms with Gasteiger partial charge in [-0.3, -0.25) is 25.2 Å². The second-order valence-electron chi connectivity index (χ2n) is 5.19. The molecule has 0 fully saturated rings. The summed E-state index contributed by atoms with van der Waals surface area (Å²) < 4.78 is 0. The maximum atomic E-state index is 12.0. The fourth-order valence-corrected chi connectivity index (χ4v) is 2.43. The van der Waals surface area contributed by atoms with E-state index in [2.05, 4.69) is 10.9 Å². The maximum Gasteiger partial charge on any atom is 0.307 e. The number of aliphatic carboxylic acids is 1. The molecule has 22 heavy (non-hydrogen) atoms. The number of allylic oxidation sites excluding steroid dienone is 2. The number of rotatable bonds is 4. The van der Waals surface area contributed by atoms with Crippen molar-refractivity contribution in [2.24, 2.45) is 11.8 Å². The van der Waals surface area contributed by atoms with Gasteiger partial charge in [-0.2, -0.15) is 0 Å². The summed E-state index contributed by atoms with van der Waals surface area (Å²) in [6.07, 6.45) is 4.38. The van der Waals surface area contributed by atoms with Gasteiger partial charge in [0, 0.05) is 0 Å². The van der Waals surface area contributed by atoms with Crippen LogP contribution in [-0.4, -0.2) is 22.9 Å². The smallest absolute Gasteiger partial charge is 0.307 e. The Morgan fingerprint density at radius 2 is 1.64 bits per heavy atom. The molecule has 0 bridgehead atoms. The topological polar surface area (TPSA) is 95.5 Å². The fraction of sp³-hybridized carbons (Fsp3) is 0.312. The summed E-state index contributed by atoms with van der Waals surface area (Å²) in [7, 11) is 0. The third-order valence-corrected chi connectivity index (χ3v) is 3.62. The third-order valence-electron chi connectivity index (χ3n) is 3.62. The molecule has 0 spiro atoms. The summed E-state index contributed by atoms with van der Waals surface area (Å²) >= 11 is 0. The molecule has 1 aromatic carbocycles. The molecule has 2 rings (SSSR count). The number of amides is 2. The molecule has 0 radical (unpaired) electrons. The first-order valence-electron chi connectivity index (χ1n) is 7.08. The second-order valence-corrected chi connectivity index (χ2v) is 5.19. The van der Waals surface area contributed by atoms with Crippen LogP contribution < -0.4 is 10.9 Å². The highest BCUT2D eigenvalue weighted by Crippen LogP contribution is 2.25. The molecule has 0 aliphatic heterocycles. The molecule has 1 aliphatic rings. The zero-order valence-electron chi connectivity index (χ0n) is 12.0. The van der Waals surface area contributed by atoms with Crippen LogP contribution in [0.25, 0.3) is 0 Å². The van der Waals surface area contributed by atoms with E-state index in [1.165, 1.54) is 0 Å². The van der Waals surface area contributed by atoms with E-state index in [0.717, 1.165) is 5.56 Å². The highest BCUT2D eigenvalue weighted by atomic mass is 16.4. The lowest BCUT2D eigenvalue weighted by Crippen LogP contribution is -2.47. The van der Waals surface area contributed by atoms with Crippen molar-refractivity contribution in [2.75, 3.05) is 0 Å². The normalized spacial score (nSPS) is 20.2. The molecule has 0 saturated carbocycles. The average Bonchev–Trinajstić information content (AvgIpc) is 2.53. The Hall–Kier alpha value is -2.63. The first-order valence-corrected chi connectivity index (χ1v) is 7.08. The number of carbonyl (C=O) groups is 3. The van der Waals surface area contributed by atoms with Crippen molar-refractivity contribution in [2.45, 2.75) is 19.3 Å². The van der Waals surface area contributed by atoms with Crippen molar-refractivity contribution >= 4 is 17.8 Å². The molecule has 0 unspecified atom stereocenters. The van der Waals surface area contributed by atoms with Crippen molar-refractivity contribution in [1.29, 1.82) is 0 Å². The first-order chi connectivity index (χ1) is 10.6. The number of benzene rings is 1. The number of carbonyl (C=O) groups excluding carboxylic acids is 2. The van der Waals surface area contributed by atoms with Crippen molar-refractivity contribution in [1.82, 2.24) is 10.9 Å². The van der Waals surface area contributed by atoms with Crippen molar-refractivity contribution in [3.8, 4) is 0 Å². The Morgan fingerprint density at radius 3 is 2.27 bits per heavy atom. The lowest BCUT2D eigenvalue weighted by Gasteiger charge is -2.24. The van der Waals surface area contributed by atoms with Crippen LogP contribution in [0.3, 0.4) is 0 Å². The van der Waals surface area contributed by atoms with Gasteiger partial charge in [0.15, 0.2) is 0 Å². The van der Waals surface area contributed by atoms with Crippen LogP contribution in [0.2, 0.25) is 0 Å². The molecule has 0 aromatic heterocycles. The van der Waals surface area contributed by atoms with E-state index in [4.69, 9.17) is 5.11 Å². The lowest BCUT2D eigenvalue weighted by atomic mass is 9.82. The quantitative estimate of drug-likeness (QED) is 0.572. The lowest BCUT2D eigenvalue weighted by molar-refractivity contribution is -0.147. The van der Waals surface area contributed by atoms with Crippen LogP contribution in [0, 0.1) is 11.8 Å². The van der Waals surface area contributed by atoms with E-state index in [-0.39, 0.29) is 12.3 Å². The molecule has 1 aromatic rings. The Kier molecular flexibility index (Phi) is 5.30. The largest absolute Gasteiger partial charge is 0.481 e. The van der Waals surface area contributed by atoms with Gasteiger partial charge in [-0.1, -0.05) is 42.5 Å². The van der Waals surface area contributed by atoms with Gasteiger partial charge < -0.3 is 5.11 Å². The highest BCUT2D eigenvalue weighted by Gasteiger charge is 2.34. The number of hydrogen-bond acceptors (Lipinski definition) is 3. The molecule has 116 valence electrons. The first kappa shape index (κ1) is 15.8. The Balaban J connectivity index is 1.85. The zero-order valence-corrected chi connectivity index (χ0v) is 12.0. The molecule has 0 saturated heterocycles. The number of hydrogen-bond donors (Lipinski definition) is 3. The summed E-state index contributed by atoms with van der Waals surface area (Å²) in [6, 6.07) is 9.13. The fourth-order valence-electron chi connectivity index (χ4n) is 2.43. The zero-order chi connectivity index (χ0) is 15.9. The van der Waals surface area contributed by atoms with Crippen LogP contribution in [0.1, 0.15) is 18.4 Å². The molecule has 0 heterocycles. The van der Waals surface area contributed by atoms with E-state index in [1.807, 2.05) is 30.3 Å². The van der Waals surface area contributed by atoms with Crippen molar-refractivity contribution in [3.05, 3.63) is 48.0 Å². The van der Waals surface area contributed by atoms with Gasteiger partial charge in [-0.05, 0) is 18.4 Å². The Bertz CT molecular complexity index is 583. The highest BCUT2D eigenvalue weighted by molar-refractivity contribution is 5.87. The van der Waals surface area contributed by atoms with E-state index < -0.39 is 23.7 Å². The van der Waals surface area contributed by atoms with Crippen LogP contribution in [-0.2, 0) is 20.8 Å². The van der Waals surface area contributed by atoms with Gasteiger partial charge in [-0.15, -0.1) is 0 Å². The van der Waals surface area contributed by atoms with Crippen LogP contribution in [0.5, 0.6) is 0 Å². The van der Waals surface area contributed by atoms with Gasteiger partial charge in [0.2, 0.25) is 11.8 Å². The maximum absolute atomic E-state index is 12.0. The van der Waals surface area contributed by atoms with Crippen molar-refractivity contribution < 1.29 is 19.5 Å². The Morgan fingerprint density at radius 1 is 1.00 bits per heavy atom. The van der Waals surface area contributed by atoms with Crippen molar-refractivity contribution in [3.63, 3.8) is 0 Å². The van der Waals surface area contributed by atoms with Crippen LogP contribution in [0.15, 0.2) is 42.5 Å².